The lowest BCUT2D eigenvalue weighted by molar-refractivity contribution is -0.153. The van der Waals surface area contributed by atoms with Crippen molar-refractivity contribution in [3.63, 3.8) is 0 Å². The molecule has 1 heterocycles. The number of hydrogen-bond acceptors (Lipinski definition) is 5. The van der Waals surface area contributed by atoms with Crippen LogP contribution in [0.1, 0.15) is 29.7 Å². The summed E-state index contributed by atoms with van der Waals surface area (Å²) in [6, 6.07) is 11.5. The summed E-state index contributed by atoms with van der Waals surface area (Å²) in [5.74, 6) is -0.929. The summed E-state index contributed by atoms with van der Waals surface area (Å²) in [7, 11) is 2.73. The van der Waals surface area contributed by atoms with Gasteiger partial charge in [0, 0.05) is 19.0 Å². The Balaban J connectivity index is 1.69. The summed E-state index contributed by atoms with van der Waals surface area (Å²) < 4.78 is 23.8. The molecule has 0 spiro atoms. The standard InChI is InChI=1S/C22H25FN2O4/c1-14(15-8-9-20(28-2)18(23)10-15)24-12-21(26)25-13-17-7-5-4-6-16(17)11-19(25)22(27)29-3/h4-10,14,19,24H,11-13H2,1-3H3. The topological polar surface area (TPSA) is 67.9 Å². The van der Waals surface area contributed by atoms with E-state index in [2.05, 4.69) is 5.32 Å². The molecule has 6 nitrogen and oxygen atoms in total. The van der Waals surface area contributed by atoms with Crippen molar-refractivity contribution in [1.29, 1.82) is 0 Å². The fourth-order valence-corrected chi connectivity index (χ4v) is 3.54. The Morgan fingerprint density at radius 3 is 2.59 bits per heavy atom. The molecule has 1 N–H and O–H groups in total. The summed E-state index contributed by atoms with van der Waals surface area (Å²) >= 11 is 0. The highest BCUT2D eigenvalue weighted by molar-refractivity contribution is 5.86. The van der Waals surface area contributed by atoms with Gasteiger partial charge in [0.25, 0.3) is 0 Å². The van der Waals surface area contributed by atoms with Crippen LogP contribution in [0.25, 0.3) is 0 Å². The third-order valence-corrected chi connectivity index (χ3v) is 5.28. The van der Waals surface area contributed by atoms with Gasteiger partial charge in [0.2, 0.25) is 5.91 Å². The average molecular weight is 400 g/mol. The number of benzene rings is 2. The highest BCUT2D eigenvalue weighted by Crippen LogP contribution is 2.25. The van der Waals surface area contributed by atoms with Gasteiger partial charge in [-0.1, -0.05) is 30.3 Å². The second kappa shape index (κ2) is 9.05. The molecule has 2 atom stereocenters. The Morgan fingerprint density at radius 1 is 1.21 bits per heavy atom. The van der Waals surface area contributed by atoms with Gasteiger partial charge < -0.3 is 19.7 Å². The summed E-state index contributed by atoms with van der Waals surface area (Å²) in [5.41, 5.74) is 2.76. The number of amides is 1. The molecule has 0 aromatic heterocycles. The van der Waals surface area contributed by atoms with Crippen LogP contribution in [-0.2, 0) is 27.3 Å². The number of fused-ring (bicyclic) bond motifs is 1. The smallest absolute Gasteiger partial charge is 0.328 e. The van der Waals surface area contributed by atoms with Crippen LogP contribution >= 0.6 is 0 Å². The van der Waals surface area contributed by atoms with Gasteiger partial charge in [0.05, 0.1) is 20.8 Å². The molecule has 0 bridgehead atoms. The molecule has 0 radical (unpaired) electrons. The van der Waals surface area contributed by atoms with Gasteiger partial charge in [-0.15, -0.1) is 0 Å². The van der Waals surface area contributed by atoms with Crippen LogP contribution in [0.2, 0.25) is 0 Å². The number of esters is 1. The Bertz CT molecular complexity index is 902. The number of nitrogens with zero attached hydrogens (tertiary/aromatic N) is 1. The Hall–Kier alpha value is -2.93. The summed E-state index contributed by atoms with van der Waals surface area (Å²) in [4.78, 5) is 26.7. The molecule has 2 unspecified atom stereocenters. The summed E-state index contributed by atoms with van der Waals surface area (Å²) in [6.45, 7) is 2.21. The predicted octanol–water partition coefficient (Wildman–Crippen LogP) is 2.61. The maximum absolute atomic E-state index is 13.9. The van der Waals surface area contributed by atoms with E-state index >= 15 is 0 Å². The van der Waals surface area contributed by atoms with Crippen molar-refractivity contribution in [3.8, 4) is 5.75 Å². The minimum Gasteiger partial charge on any atom is -0.494 e. The maximum atomic E-state index is 13.9. The van der Waals surface area contributed by atoms with Crippen molar-refractivity contribution >= 4 is 11.9 Å². The van der Waals surface area contributed by atoms with Gasteiger partial charge in [0.15, 0.2) is 11.6 Å². The Labute approximate surface area is 169 Å². The zero-order valence-electron chi connectivity index (χ0n) is 16.8. The minimum atomic E-state index is -0.655. The van der Waals surface area contributed by atoms with Crippen LogP contribution in [0.5, 0.6) is 5.75 Å². The normalized spacial score (nSPS) is 16.7. The SMILES string of the molecule is COC(=O)C1Cc2ccccc2CN1C(=O)CNC(C)c1ccc(OC)c(F)c1. The lowest BCUT2D eigenvalue weighted by Gasteiger charge is -2.35. The monoisotopic (exact) mass is 400 g/mol. The molecule has 0 aliphatic carbocycles. The van der Waals surface area contributed by atoms with Crippen molar-refractivity contribution in [2.24, 2.45) is 0 Å². The number of hydrogen-bond donors (Lipinski definition) is 1. The van der Waals surface area contributed by atoms with Gasteiger partial charge in [-0.3, -0.25) is 4.79 Å². The number of ether oxygens (including phenoxy) is 2. The van der Waals surface area contributed by atoms with Crippen molar-refractivity contribution in [3.05, 3.63) is 65.0 Å². The van der Waals surface area contributed by atoms with Crippen molar-refractivity contribution < 1.29 is 23.5 Å². The van der Waals surface area contributed by atoms with Gasteiger partial charge in [0.1, 0.15) is 6.04 Å². The van der Waals surface area contributed by atoms with E-state index < -0.39 is 17.8 Å². The van der Waals surface area contributed by atoms with E-state index in [1.165, 1.54) is 20.3 Å². The maximum Gasteiger partial charge on any atom is 0.328 e. The molecule has 3 rings (SSSR count). The van der Waals surface area contributed by atoms with E-state index in [4.69, 9.17) is 9.47 Å². The van der Waals surface area contributed by atoms with Gasteiger partial charge in [-0.05, 0) is 35.7 Å². The summed E-state index contributed by atoms with van der Waals surface area (Å²) in [6.07, 6.45) is 0.424. The zero-order chi connectivity index (χ0) is 21.0. The first-order chi connectivity index (χ1) is 13.9. The fraction of sp³-hybridized carbons (Fsp3) is 0.364. The van der Waals surface area contributed by atoms with Crippen LogP contribution < -0.4 is 10.1 Å². The number of methoxy groups -OCH3 is 2. The van der Waals surface area contributed by atoms with E-state index in [-0.39, 0.29) is 24.2 Å². The Kier molecular flexibility index (Phi) is 6.49. The quantitative estimate of drug-likeness (QED) is 0.755. The van der Waals surface area contributed by atoms with E-state index in [1.807, 2.05) is 31.2 Å². The molecule has 2 aromatic carbocycles. The molecule has 1 aliphatic rings. The number of halogens is 1. The first-order valence-corrected chi connectivity index (χ1v) is 9.45. The molecular weight excluding hydrogens is 375 g/mol. The molecule has 1 amide bonds. The molecular formula is C22H25FN2O4. The van der Waals surface area contributed by atoms with Crippen molar-refractivity contribution in [2.45, 2.75) is 32.0 Å². The second-order valence-electron chi connectivity index (χ2n) is 7.03. The molecule has 0 fully saturated rings. The zero-order valence-corrected chi connectivity index (χ0v) is 16.8. The van der Waals surface area contributed by atoms with Crippen LogP contribution in [0, 0.1) is 5.82 Å². The lowest BCUT2D eigenvalue weighted by Crippen LogP contribution is -2.51. The van der Waals surface area contributed by atoms with Crippen LogP contribution in [0.4, 0.5) is 4.39 Å². The third-order valence-electron chi connectivity index (χ3n) is 5.28. The molecule has 0 saturated heterocycles. The van der Waals surface area contributed by atoms with Crippen molar-refractivity contribution in [1.82, 2.24) is 10.2 Å². The van der Waals surface area contributed by atoms with Gasteiger partial charge >= 0.3 is 5.97 Å². The molecule has 7 heteroatoms. The number of rotatable bonds is 6. The number of carbonyl (C=O) groups excluding carboxylic acids is 2. The molecule has 2 aromatic rings. The average Bonchev–Trinajstić information content (AvgIpc) is 2.75. The molecule has 29 heavy (non-hydrogen) atoms. The Morgan fingerprint density at radius 2 is 1.93 bits per heavy atom. The highest BCUT2D eigenvalue weighted by atomic mass is 19.1. The van der Waals surface area contributed by atoms with Crippen molar-refractivity contribution in [2.75, 3.05) is 20.8 Å². The second-order valence-corrected chi connectivity index (χ2v) is 7.03. The lowest BCUT2D eigenvalue weighted by atomic mass is 9.94. The summed E-state index contributed by atoms with van der Waals surface area (Å²) in [5, 5.41) is 3.11. The molecule has 0 saturated carbocycles. The van der Waals surface area contributed by atoms with Crippen LogP contribution in [-0.4, -0.2) is 43.6 Å². The largest absolute Gasteiger partial charge is 0.494 e. The number of carbonyl (C=O) groups is 2. The van der Waals surface area contributed by atoms with E-state index in [0.29, 0.717) is 18.5 Å². The molecule has 1 aliphatic heterocycles. The van der Waals surface area contributed by atoms with Gasteiger partial charge in [-0.25, -0.2) is 9.18 Å². The van der Waals surface area contributed by atoms with Crippen LogP contribution in [0.3, 0.4) is 0 Å². The highest BCUT2D eigenvalue weighted by Gasteiger charge is 2.35. The van der Waals surface area contributed by atoms with E-state index in [1.54, 1.807) is 17.0 Å². The predicted molar refractivity (Wildman–Crippen MR) is 106 cm³/mol. The number of nitrogens with one attached hydrogen (secondary N) is 1. The van der Waals surface area contributed by atoms with Gasteiger partial charge in [-0.2, -0.15) is 0 Å². The first-order valence-electron chi connectivity index (χ1n) is 9.45. The molecule has 154 valence electrons. The third kappa shape index (κ3) is 4.56. The van der Waals surface area contributed by atoms with E-state index in [0.717, 1.165) is 11.1 Å². The fourth-order valence-electron chi connectivity index (χ4n) is 3.54. The first kappa shape index (κ1) is 20.8. The van der Waals surface area contributed by atoms with E-state index in [9.17, 15) is 14.0 Å². The minimum absolute atomic E-state index is 0.0183. The van der Waals surface area contributed by atoms with Crippen LogP contribution in [0.15, 0.2) is 42.5 Å².